The third kappa shape index (κ3) is 2.75. The summed E-state index contributed by atoms with van der Waals surface area (Å²) in [5.74, 6) is 1.01. The van der Waals surface area contributed by atoms with Crippen LogP contribution < -0.4 is 4.90 Å². The van der Waals surface area contributed by atoms with E-state index in [1.807, 2.05) is 0 Å². The van der Waals surface area contributed by atoms with E-state index in [9.17, 15) is 9.65 Å². The Labute approximate surface area is 122 Å². The Balaban J connectivity index is 1.97. The maximum atomic E-state index is 13.3. The lowest BCUT2D eigenvalue weighted by molar-refractivity contribution is 0.422. The standard InChI is InChI=1S/C16H16FN3O/c1-11-4-3-7-20(10-11)16-14(9-18)19-15(21-16)12-5-2-6-13(17)8-12/h2,5-6,8,11H,3-4,7,10H2,1H3/t11-/m1/s1. The zero-order valence-corrected chi connectivity index (χ0v) is 11.8. The highest BCUT2D eigenvalue weighted by molar-refractivity contribution is 5.59. The second-order valence-corrected chi connectivity index (χ2v) is 5.49. The Kier molecular flexibility index (Phi) is 3.61. The zero-order valence-electron chi connectivity index (χ0n) is 11.8. The van der Waals surface area contributed by atoms with E-state index in [4.69, 9.17) is 4.42 Å². The molecule has 0 N–H and O–H groups in total. The van der Waals surface area contributed by atoms with Crippen LogP contribution in [0.1, 0.15) is 25.5 Å². The minimum absolute atomic E-state index is 0.267. The Morgan fingerprint density at radius 1 is 1.48 bits per heavy atom. The van der Waals surface area contributed by atoms with Gasteiger partial charge in [0.2, 0.25) is 17.5 Å². The lowest BCUT2D eigenvalue weighted by Crippen LogP contribution is -2.34. The molecule has 4 nitrogen and oxygen atoms in total. The van der Waals surface area contributed by atoms with Crippen LogP contribution in [0.2, 0.25) is 0 Å². The molecular formula is C16H16FN3O. The van der Waals surface area contributed by atoms with Crippen LogP contribution in [0.5, 0.6) is 0 Å². The van der Waals surface area contributed by atoms with Crippen molar-refractivity contribution < 1.29 is 8.81 Å². The fourth-order valence-electron chi connectivity index (χ4n) is 2.72. The normalized spacial score (nSPS) is 18.5. The van der Waals surface area contributed by atoms with Crippen molar-refractivity contribution in [3.05, 3.63) is 35.8 Å². The molecule has 21 heavy (non-hydrogen) atoms. The van der Waals surface area contributed by atoms with Gasteiger partial charge in [-0.15, -0.1) is 0 Å². The first-order valence-corrected chi connectivity index (χ1v) is 7.09. The van der Waals surface area contributed by atoms with Gasteiger partial charge in [0, 0.05) is 18.7 Å². The molecule has 1 atom stereocenters. The maximum absolute atomic E-state index is 13.3. The fourth-order valence-corrected chi connectivity index (χ4v) is 2.72. The zero-order chi connectivity index (χ0) is 14.8. The molecule has 0 spiro atoms. The lowest BCUT2D eigenvalue weighted by atomic mass is 10.0. The average Bonchev–Trinajstić information content (AvgIpc) is 2.91. The van der Waals surface area contributed by atoms with Crippen molar-refractivity contribution in [2.45, 2.75) is 19.8 Å². The van der Waals surface area contributed by atoms with Crippen LogP contribution in [0.15, 0.2) is 28.7 Å². The molecule has 5 heteroatoms. The molecule has 1 aromatic carbocycles. The molecule has 1 fully saturated rings. The van der Waals surface area contributed by atoms with Crippen LogP contribution in [-0.2, 0) is 0 Å². The predicted molar refractivity (Wildman–Crippen MR) is 77.2 cm³/mol. The smallest absolute Gasteiger partial charge is 0.235 e. The van der Waals surface area contributed by atoms with Crippen LogP contribution in [0, 0.1) is 23.1 Å². The molecule has 2 aromatic rings. The minimum atomic E-state index is -0.350. The molecular weight excluding hydrogens is 269 g/mol. The summed E-state index contributed by atoms with van der Waals surface area (Å²) in [5.41, 5.74) is 0.811. The third-order valence-electron chi connectivity index (χ3n) is 3.73. The van der Waals surface area contributed by atoms with Crippen molar-refractivity contribution in [1.29, 1.82) is 5.26 Å². The monoisotopic (exact) mass is 285 g/mol. The van der Waals surface area contributed by atoms with Gasteiger partial charge in [-0.25, -0.2) is 4.39 Å². The van der Waals surface area contributed by atoms with Crippen molar-refractivity contribution in [3.63, 3.8) is 0 Å². The molecule has 0 unspecified atom stereocenters. The maximum Gasteiger partial charge on any atom is 0.235 e. The number of piperidine rings is 1. The first kappa shape index (κ1) is 13.6. The number of nitrogens with zero attached hydrogens (tertiary/aromatic N) is 3. The van der Waals surface area contributed by atoms with Gasteiger partial charge in [-0.3, -0.25) is 0 Å². The van der Waals surface area contributed by atoms with Gasteiger partial charge in [0.05, 0.1) is 0 Å². The summed E-state index contributed by atoms with van der Waals surface area (Å²) in [6, 6.07) is 8.12. The van der Waals surface area contributed by atoms with Crippen molar-refractivity contribution in [1.82, 2.24) is 4.98 Å². The Hall–Kier alpha value is -2.35. The molecule has 0 saturated carbocycles. The molecule has 0 aliphatic carbocycles. The van der Waals surface area contributed by atoms with Crippen molar-refractivity contribution >= 4 is 5.88 Å². The second kappa shape index (κ2) is 5.57. The van der Waals surface area contributed by atoms with Crippen LogP contribution in [0.3, 0.4) is 0 Å². The first-order valence-electron chi connectivity index (χ1n) is 7.09. The van der Waals surface area contributed by atoms with Crippen molar-refractivity contribution in [2.75, 3.05) is 18.0 Å². The lowest BCUT2D eigenvalue weighted by Gasteiger charge is -2.30. The molecule has 0 bridgehead atoms. The molecule has 0 radical (unpaired) electrons. The molecule has 3 rings (SSSR count). The van der Waals surface area contributed by atoms with Crippen molar-refractivity contribution in [3.8, 4) is 17.5 Å². The summed E-state index contributed by atoms with van der Waals surface area (Å²) in [7, 11) is 0. The Morgan fingerprint density at radius 3 is 3.05 bits per heavy atom. The minimum Gasteiger partial charge on any atom is -0.419 e. The predicted octanol–water partition coefficient (Wildman–Crippen LogP) is 3.59. The van der Waals surface area contributed by atoms with Crippen LogP contribution in [0.4, 0.5) is 10.3 Å². The number of aromatic nitrogens is 1. The number of hydrogen-bond acceptors (Lipinski definition) is 4. The van der Waals surface area contributed by atoms with E-state index in [-0.39, 0.29) is 11.5 Å². The summed E-state index contributed by atoms with van der Waals surface area (Å²) in [6.45, 7) is 3.89. The van der Waals surface area contributed by atoms with E-state index in [1.165, 1.54) is 18.6 Å². The highest BCUT2D eigenvalue weighted by Gasteiger charge is 2.24. The van der Waals surface area contributed by atoms with E-state index in [0.717, 1.165) is 19.5 Å². The van der Waals surface area contributed by atoms with Gasteiger partial charge in [0.15, 0.2) is 0 Å². The summed E-state index contributed by atoms with van der Waals surface area (Å²) < 4.78 is 19.1. The largest absolute Gasteiger partial charge is 0.419 e. The highest BCUT2D eigenvalue weighted by Crippen LogP contribution is 2.31. The van der Waals surface area contributed by atoms with Gasteiger partial charge in [-0.05, 0) is 37.0 Å². The Morgan fingerprint density at radius 2 is 2.33 bits per heavy atom. The highest BCUT2D eigenvalue weighted by atomic mass is 19.1. The SMILES string of the molecule is C[C@@H]1CCCN(c2oc(-c3cccc(F)c3)nc2C#N)C1. The van der Waals surface area contributed by atoms with Gasteiger partial charge in [-0.2, -0.15) is 10.2 Å². The molecule has 1 aliphatic rings. The number of nitriles is 1. The van der Waals surface area contributed by atoms with Gasteiger partial charge in [-0.1, -0.05) is 13.0 Å². The number of oxazole rings is 1. The van der Waals surface area contributed by atoms with Gasteiger partial charge >= 0.3 is 0 Å². The summed E-state index contributed by atoms with van der Waals surface area (Å²) in [5, 5.41) is 9.26. The second-order valence-electron chi connectivity index (χ2n) is 5.49. The van der Waals surface area contributed by atoms with Crippen LogP contribution >= 0.6 is 0 Å². The molecule has 2 heterocycles. The topological polar surface area (TPSA) is 53.1 Å². The van der Waals surface area contributed by atoms with E-state index in [1.54, 1.807) is 12.1 Å². The fraction of sp³-hybridized carbons (Fsp3) is 0.375. The van der Waals surface area contributed by atoms with Gasteiger partial charge in [0.25, 0.3) is 0 Å². The van der Waals surface area contributed by atoms with Gasteiger partial charge < -0.3 is 9.32 Å². The summed E-state index contributed by atoms with van der Waals surface area (Å²) >= 11 is 0. The number of anilines is 1. The average molecular weight is 285 g/mol. The van der Waals surface area contributed by atoms with E-state index in [0.29, 0.717) is 23.3 Å². The van der Waals surface area contributed by atoms with Crippen LogP contribution in [-0.4, -0.2) is 18.1 Å². The van der Waals surface area contributed by atoms with E-state index in [2.05, 4.69) is 22.9 Å². The number of benzene rings is 1. The first-order chi connectivity index (χ1) is 10.2. The molecule has 1 aliphatic heterocycles. The number of halogens is 1. The summed E-state index contributed by atoms with van der Waals surface area (Å²) in [4.78, 5) is 6.26. The van der Waals surface area contributed by atoms with Gasteiger partial charge in [0.1, 0.15) is 11.9 Å². The Bertz CT molecular complexity index is 689. The third-order valence-corrected chi connectivity index (χ3v) is 3.73. The van der Waals surface area contributed by atoms with Crippen molar-refractivity contribution in [2.24, 2.45) is 5.92 Å². The molecule has 1 aromatic heterocycles. The number of hydrogen-bond donors (Lipinski definition) is 0. The molecule has 108 valence electrons. The van der Waals surface area contributed by atoms with Crippen LogP contribution in [0.25, 0.3) is 11.5 Å². The molecule has 0 amide bonds. The number of rotatable bonds is 2. The molecule has 1 saturated heterocycles. The quantitative estimate of drug-likeness (QED) is 0.846. The summed E-state index contributed by atoms with van der Waals surface area (Å²) in [6.07, 6.45) is 2.26. The van der Waals surface area contributed by atoms with E-state index < -0.39 is 0 Å². The van der Waals surface area contributed by atoms with E-state index >= 15 is 0 Å².